The number of rotatable bonds is 5. The zero-order chi connectivity index (χ0) is 17.1. The molecule has 2 aromatic rings. The molecule has 1 amide bonds. The number of nitrogens with zero attached hydrogens (tertiary/aromatic N) is 3. The van der Waals surface area contributed by atoms with Gasteiger partial charge in [-0.15, -0.1) is 0 Å². The molecule has 1 aliphatic heterocycles. The zero-order valence-corrected chi connectivity index (χ0v) is 14.5. The van der Waals surface area contributed by atoms with Gasteiger partial charge in [-0.2, -0.15) is 0 Å². The first-order chi connectivity index (χ1) is 11.5. The number of pyridine rings is 1. The Bertz CT molecular complexity index is 789. The molecule has 0 spiro atoms. The molecule has 0 bridgehead atoms. The number of carbonyl (C=O) groups excluding carboxylic acids is 1. The number of thioether (sulfide) groups is 1. The van der Waals surface area contributed by atoms with Crippen LogP contribution in [0.4, 0.5) is 0 Å². The Balaban J connectivity index is 1.66. The van der Waals surface area contributed by atoms with Crippen molar-refractivity contribution in [3.63, 3.8) is 0 Å². The minimum absolute atomic E-state index is 0.0706. The fraction of sp³-hybridized carbons (Fsp3) is 0.412. The van der Waals surface area contributed by atoms with Gasteiger partial charge >= 0.3 is 0 Å². The van der Waals surface area contributed by atoms with Gasteiger partial charge in [0.1, 0.15) is 0 Å². The maximum absolute atomic E-state index is 12.4. The zero-order valence-electron chi connectivity index (χ0n) is 13.7. The lowest BCUT2D eigenvalue weighted by Gasteiger charge is -2.14. The number of aromatic nitrogens is 3. The third-order valence-electron chi connectivity index (χ3n) is 3.93. The fourth-order valence-electron chi connectivity index (χ4n) is 2.61. The molecule has 6 nitrogen and oxygen atoms in total. The van der Waals surface area contributed by atoms with E-state index >= 15 is 0 Å². The van der Waals surface area contributed by atoms with Gasteiger partial charge in [-0.05, 0) is 17.5 Å². The number of fused-ring (bicyclic) bond motifs is 1. The monoisotopic (exact) mass is 344 g/mol. The normalized spacial score (nSPS) is 16.2. The molecule has 0 fully saturated rings. The van der Waals surface area contributed by atoms with Crippen LogP contribution in [0, 0.1) is 0 Å². The Morgan fingerprint density at radius 3 is 3.04 bits per heavy atom. The predicted molar refractivity (Wildman–Crippen MR) is 93.0 cm³/mol. The second-order valence-electron chi connectivity index (χ2n) is 6.13. The highest BCUT2D eigenvalue weighted by atomic mass is 32.2. The van der Waals surface area contributed by atoms with Crippen LogP contribution in [0.5, 0.6) is 0 Å². The molecule has 1 N–H and O–H groups in total. The van der Waals surface area contributed by atoms with Crippen molar-refractivity contribution in [1.29, 1.82) is 0 Å². The largest absolute Gasteiger partial charge is 0.352 e. The van der Waals surface area contributed by atoms with Crippen molar-refractivity contribution < 1.29 is 4.79 Å². The van der Waals surface area contributed by atoms with Crippen molar-refractivity contribution >= 4 is 17.7 Å². The van der Waals surface area contributed by atoms with Crippen LogP contribution in [0.2, 0.25) is 0 Å². The Morgan fingerprint density at radius 1 is 1.50 bits per heavy atom. The van der Waals surface area contributed by atoms with Crippen molar-refractivity contribution in [2.75, 3.05) is 5.75 Å². The lowest BCUT2D eigenvalue weighted by atomic mass is 10.1. The molecule has 1 aliphatic rings. The quantitative estimate of drug-likeness (QED) is 0.841. The predicted octanol–water partition coefficient (Wildman–Crippen LogP) is 2.12. The van der Waals surface area contributed by atoms with Gasteiger partial charge < -0.3 is 5.32 Å². The molecule has 0 aliphatic carbocycles. The first kappa shape index (κ1) is 16.7. The Labute approximate surface area is 144 Å². The second-order valence-corrected chi connectivity index (χ2v) is 7.12. The summed E-state index contributed by atoms with van der Waals surface area (Å²) in [5.41, 5.74) is 1.69. The lowest BCUT2D eigenvalue weighted by molar-refractivity contribution is -0.121. The molecule has 0 radical (unpaired) electrons. The maximum Gasteiger partial charge on any atom is 0.254 e. The van der Waals surface area contributed by atoms with Gasteiger partial charge in [-0.25, -0.2) is 4.98 Å². The van der Waals surface area contributed by atoms with E-state index in [0.29, 0.717) is 12.3 Å². The number of amides is 1. The van der Waals surface area contributed by atoms with Crippen LogP contribution in [0.3, 0.4) is 0 Å². The first-order valence-corrected chi connectivity index (χ1v) is 8.95. The highest BCUT2D eigenvalue weighted by molar-refractivity contribution is 7.99. The molecular formula is C17H20N4O2S. The van der Waals surface area contributed by atoms with Gasteiger partial charge in [0.15, 0.2) is 5.16 Å². The Hall–Kier alpha value is -2.15. The van der Waals surface area contributed by atoms with E-state index in [0.717, 1.165) is 16.4 Å². The van der Waals surface area contributed by atoms with E-state index in [1.54, 1.807) is 34.8 Å². The highest BCUT2D eigenvalue weighted by Crippen LogP contribution is 2.32. The summed E-state index contributed by atoms with van der Waals surface area (Å²) in [5, 5.41) is 3.60. The van der Waals surface area contributed by atoms with Crippen molar-refractivity contribution in [3.8, 4) is 0 Å². The average Bonchev–Trinajstić information content (AvgIpc) is 2.97. The summed E-state index contributed by atoms with van der Waals surface area (Å²) in [7, 11) is 0. The average molecular weight is 344 g/mol. The van der Waals surface area contributed by atoms with Gasteiger partial charge in [-0.1, -0.05) is 31.7 Å². The van der Waals surface area contributed by atoms with Gasteiger partial charge in [0, 0.05) is 37.2 Å². The van der Waals surface area contributed by atoms with Crippen molar-refractivity contribution in [2.45, 2.75) is 43.9 Å². The molecule has 3 heterocycles. The summed E-state index contributed by atoms with van der Waals surface area (Å²) in [6.07, 6.45) is 3.70. The summed E-state index contributed by atoms with van der Waals surface area (Å²) in [4.78, 5) is 33.1. The lowest BCUT2D eigenvalue weighted by Crippen LogP contribution is -2.30. The van der Waals surface area contributed by atoms with Crippen LogP contribution < -0.4 is 10.9 Å². The molecule has 7 heteroatoms. The summed E-state index contributed by atoms with van der Waals surface area (Å²) < 4.78 is 1.65. The molecule has 24 heavy (non-hydrogen) atoms. The summed E-state index contributed by atoms with van der Waals surface area (Å²) >= 11 is 1.54. The number of hydrogen-bond donors (Lipinski definition) is 1. The number of carbonyl (C=O) groups is 1. The summed E-state index contributed by atoms with van der Waals surface area (Å²) in [6.45, 7) is 4.47. The Morgan fingerprint density at radius 2 is 2.33 bits per heavy atom. The van der Waals surface area contributed by atoms with E-state index < -0.39 is 0 Å². The molecule has 0 aromatic carbocycles. The fourth-order valence-corrected chi connectivity index (χ4v) is 3.76. The van der Waals surface area contributed by atoms with Crippen LogP contribution in [0.15, 0.2) is 40.5 Å². The van der Waals surface area contributed by atoms with Crippen LogP contribution >= 0.6 is 11.8 Å². The molecule has 0 saturated carbocycles. The number of hydrogen-bond acceptors (Lipinski definition) is 5. The molecule has 1 atom stereocenters. The maximum atomic E-state index is 12.4. The van der Waals surface area contributed by atoms with E-state index in [1.807, 2.05) is 26.0 Å². The van der Waals surface area contributed by atoms with Crippen LogP contribution in [-0.4, -0.2) is 26.2 Å². The Kier molecular flexibility index (Phi) is 4.99. The first-order valence-electron chi connectivity index (χ1n) is 7.96. The molecular weight excluding hydrogens is 324 g/mol. The van der Waals surface area contributed by atoms with Gasteiger partial charge in [-0.3, -0.25) is 19.1 Å². The SMILES string of the molecule is CC(C)c1cc(=O)n2c(n1)SCC2CC(=O)NCc1cccnc1. The van der Waals surface area contributed by atoms with Crippen LogP contribution in [0.1, 0.15) is 43.5 Å². The van der Waals surface area contributed by atoms with Gasteiger partial charge in [0.05, 0.1) is 11.7 Å². The van der Waals surface area contributed by atoms with E-state index in [1.165, 1.54) is 0 Å². The van der Waals surface area contributed by atoms with E-state index in [4.69, 9.17) is 0 Å². The van der Waals surface area contributed by atoms with E-state index in [-0.39, 0.29) is 29.8 Å². The highest BCUT2D eigenvalue weighted by Gasteiger charge is 2.27. The van der Waals surface area contributed by atoms with Gasteiger partial charge in [0.25, 0.3) is 5.56 Å². The third-order valence-corrected chi connectivity index (χ3v) is 5.03. The molecule has 1 unspecified atom stereocenters. The molecule has 2 aromatic heterocycles. The minimum Gasteiger partial charge on any atom is -0.352 e. The van der Waals surface area contributed by atoms with Crippen molar-refractivity contribution in [1.82, 2.24) is 19.9 Å². The molecule has 126 valence electrons. The smallest absolute Gasteiger partial charge is 0.254 e. The minimum atomic E-state index is -0.139. The molecule has 3 rings (SSSR count). The van der Waals surface area contributed by atoms with Gasteiger partial charge in [0.2, 0.25) is 5.91 Å². The van der Waals surface area contributed by atoms with E-state index in [9.17, 15) is 9.59 Å². The third kappa shape index (κ3) is 3.67. The standard InChI is InChI=1S/C17H20N4O2S/c1-11(2)14-7-16(23)21-13(10-24-17(21)20-14)6-15(22)19-9-12-4-3-5-18-8-12/h3-5,7-8,11,13H,6,9-10H2,1-2H3,(H,19,22). The second kappa shape index (κ2) is 7.17. The van der Waals surface area contributed by atoms with E-state index in [2.05, 4.69) is 15.3 Å². The number of nitrogens with one attached hydrogen (secondary N) is 1. The molecule has 0 saturated heterocycles. The topological polar surface area (TPSA) is 76.9 Å². The van der Waals surface area contributed by atoms with Crippen molar-refractivity contribution in [2.24, 2.45) is 0 Å². The van der Waals surface area contributed by atoms with Crippen LogP contribution in [0.25, 0.3) is 0 Å². The summed E-state index contributed by atoms with van der Waals surface area (Å²) in [6, 6.07) is 5.19. The van der Waals surface area contributed by atoms with Crippen molar-refractivity contribution in [3.05, 3.63) is 52.2 Å². The summed E-state index contributed by atoms with van der Waals surface area (Å²) in [5.74, 6) is 0.840. The van der Waals surface area contributed by atoms with Crippen LogP contribution in [-0.2, 0) is 11.3 Å².